The highest BCUT2D eigenvalue weighted by atomic mass is 16.5. The molecule has 0 aromatic heterocycles. The maximum absolute atomic E-state index is 8.74. The first-order chi connectivity index (χ1) is 8.81. The van der Waals surface area contributed by atoms with Crippen molar-refractivity contribution in [3.8, 4) is 11.5 Å². The van der Waals surface area contributed by atoms with Gasteiger partial charge in [-0.05, 0) is 25.1 Å². The van der Waals surface area contributed by atoms with E-state index in [9.17, 15) is 0 Å². The van der Waals surface area contributed by atoms with Crippen LogP contribution < -0.4 is 14.8 Å². The number of hydrogen-bond acceptors (Lipinski definition) is 3. The molecule has 0 saturated heterocycles. The van der Waals surface area contributed by atoms with E-state index >= 15 is 0 Å². The Labute approximate surface area is 108 Å². The number of ether oxygens (including phenoxy) is 2. The Morgan fingerprint density at radius 2 is 2.17 bits per heavy atom. The SMILES string of the molecule is C=CCOc1ccc(C[NH2+]CCO)cc1OCC. The lowest BCUT2D eigenvalue weighted by atomic mass is 10.2. The molecule has 0 unspecified atom stereocenters. The van der Waals surface area contributed by atoms with Gasteiger partial charge in [0.2, 0.25) is 0 Å². The van der Waals surface area contributed by atoms with Crippen LogP contribution in [0.2, 0.25) is 0 Å². The van der Waals surface area contributed by atoms with Crippen LogP contribution in [0.4, 0.5) is 0 Å². The molecule has 4 nitrogen and oxygen atoms in total. The molecule has 0 aliphatic rings. The second-order valence-electron chi connectivity index (χ2n) is 3.82. The van der Waals surface area contributed by atoms with E-state index in [2.05, 4.69) is 11.9 Å². The van der Waals surface area contributed by atoms with Crippen molar-refractivity contribution in [1.29, 1.82) is 0 Å². The summed E-state index contributed by atoms with van der Waals surface area (Å²) < 4.78 is 11.1. The summed E-state index contributed by atoms with van der Waals surface area (Å²) in [5.41, 5.74) is 1.15. The average Bonchev–Trinajstić information content (AvgIpc) is 2.38. The van der Waals surface area contributed by atoms with Crippen molar-refractivity contribution >= 4 is 0 Å². The second kappa shape index (κ2) is 8.55. The quantitative estimate of drug-likeness (QED) is 0.502. The van der Waals surface area contributed by atoms with Crippen LogP contribution in [-0.2, 0) is 6.54 Å². The van der Waals surface area contributed by atoms with Gasteiger partial charge in [-0.15, -0.1) is 0 Å². The monoisotopic (exact) mass is 252 g/mol. The highest BCUT2D eigenvalue weighted by Gasteiger charge is 2.06. The number of hydrogen-bond donors (Lipinski definition) is 2. The highest BCUT2D eigenvalue weighted by molar-refractivity contribution is 5.42. The van der Waals surface area contributed by atoms with Crippen LogP contribution in [0, 0.1) is 0 Å². The third kappa shape index (κ3) is 4.77. The Balaban J connectivity index is 2.71. The number of aliphatic hydroxyl groups is 1. The van der Waals surface area contributed by atoms with E-state index in [0.29, 0.717) is 19.8 Å². The molecule has 0 spiro atoms. The van der Waals surface area contributed by atoms with Crippen LogP contribution >= 0.6 is 0 Å². The van der Waals surface area contributed by atoms with E-state index in [1.807, 2.05) is 25.1 Å². The van der Waals surface area contributed by atoms with E-state index in [1.54, 1.807) is 6.08 Å². The largest absolute Gasteiger partial charge is 0.490 e. The minimum absolute atomic E-state index is 0.193. The molecule has 3 N–H and O–H groups in total. The lowest BCUT2D eigenvalue weighted by Gasteiger charge is -2.12. The number of quaternary nitrogens is 1. The van der Waals surface area contributed by atoms with Crippen molar-refractivity contribution < 1.29 is 19.9 Å². The van der Waals surface area contributed by atoms with Crippen LogP contribution in [0.3, 0.4) is 0 Å². The topological polar surface area (TPSA) is 55.3 Å². The van der Waals surface area contributed by atoms with Crippen LogP contribution in [-0.4, -0.2) is 31.5 Å². The van der Waals surface area contributed by atoms with Crippen LogP contribution in [0.1, 0.15) is 12.5 Å². The molecule has 0 radical (unpaired) electrons. The normalized spacial score (nSPS) is 10.1. The van der Waals surface area contributed by atoms with Gasteiger partial charge in [0.05, 0.1) is 19.8 Å². The zero-order chi connectivity index (χ0) is 13.2. The van der Waals surface area contributed by atoms with Gasteiger partial charge < -0.3 is 19.9 Å². The summed E-state index contributed by atoms with van der Waals surface area (Å²) in [5.74, 6) is 1.50. The molecule has 0 aliphatic heterocycles. The molecule has 0 heterocycles. The van der Waals surface area contributed by atoms with Crippen molar-refractivity contribution in [1.82, 2.24) is 0 Å². The lowest BCUT2D eigenvalue weighted by Crippen LogP contribution is -2.83. The summed E-state index contributed by atoms with van der Waals surface area (Å²) in [6, 6.07) is 5.90. The van der Waals surface area contributed by atoms with Gasteiger partial charge in [0, 0.05) is 5.56 Å². The van der Waals surface area contributed by atoms with E-state index in [-0.39, 0.29) is 6.61 Å². The van der Waals surface area contributed by atoms with Gasteiger partial charge >= 0.3 is 0 Å². The number of benzene rings is 1. The van der Waals surface area contributed by atoms with Gasteiger partial charge in [0.15, 0.2) is 11.5 Å². The minimum atomic E-state index is 0.193. The maximum Gasteiger partial charge on any atom is 0.161 e. The smallest absolute Gasteiger partial charge is 0.161 e. The Morgan fingerprint density at radius 3 is 2.83 bits per heavy atom. The third-order valence-electron chi connectivity index (χ3n) is 2.38. The van der Waals surface area contributed by atoms with Crippen molar-refractivity contribution in [3.05, 3.63) is 36.4 Å². The zero-order valence-electron chi connectivity index (χ0n) is 10.9. The molecule has 0 atom stereocenters. The summed E-state index contributed by atoms with van der Waals surface area (Å²) in [4.78, 5) is 0. The van der Waals surface area contributed by atoms with Crippen molar-refractivity contribution in [2.24, 2.45) is 0 Å². The van der Waals surface area contributed by atoms with Crippen molar-refractivity contribution in [3.63, 3.8) is 0 Å². The summed E-state index contributed by atoms with van der Waals surface area (Å²) >= 11 is 0. The second-order valence-corrected chi connectivity index (χ2v) is 3.82. The van der Waals surface area contributed by atoms with Gasteiger partial charge in [-0.2, -0.15) is 0 Å². The van der Waals surface area contributed by atoms with Gasteiger partial charge in [0.1, 0.15) is 13.2 Å². The Hall–Kier alpha value is -1.52. The molecule has 100 valence electrons. The van der Waals surface area contributed by atoms with E-state index in [1.165, 1.54) is 0 Å². The van der Waals surface area contributed by atoms with Gasteiger partial charge in [-0.3, -0.25) is 0 Å². The molecular weight excluding hydrogens is 230 g/mol. The first kappa shape index (κ1) is 14.5. The third-order valence-corrected chi connectivity index (χ3v) is 2.38. The van der Waals surface area contributed by atoms with Gasteiger partial charge in [0.25, 0.3) is 0 Å². The molecular formula is C14H22NO3+. The van der Waals surface area contributed by atoms with E-state index in [4.69, 9.17) is 14.6 Å². The average molecular weight is 252 g/mol. The molecule has 0 amide bonds. The predicted molar refractivity (Wildman–Crippen MR) is 70.9 cm³/mol. The standard InChI is InChI=1S/C14H21NO3/c1-3-9-18-13-6-5-12(11-15-7-8-16)10-14(13)17-4-2/h3,5-6,10,15-16H,1,4,7-9,11H2,2H3/p+1. The van der Waals surface area contributed by atoms with E-state index in [0.717, 1.165) is 23.6 Å². The predicted octanol–water partition coefficient (Wildman–Crippen LogP) is 0.706. The van der Waals surface area contributed by atoms with Gasteiger partial charge in [-0.25, -0.2) is 0 Å². The molecule has 1 aromatic rings. The maximum atomic E-state index is 8.74. The number of aliphatic hydroxyl groups excluding tert-OH is 1. The molecule has 0 aliphatic carbocycles. The summed E-state index contributed by atoms with van der Waals surface area (Å²) in [5, 5.41) is 10.8. The molecule has 0 fully saturated rings. The summed E-state index contributed by atoms with van der Waals surface area (Å²) in [6.07, 6.45) is 1.71. The first-order valence-corrected chi connectivity index (χ1v) is 6.23. The fraction of sp³-hybridized carbons (Fsp3) is 0.429. The minimum Gasteiger partial charge on any atom is -0.490 e. The number of nitrogens with two attached hydrogens (primary N) is 1. The Bertz CT molecular complexity index is 366. The molecule has 0 saturated carbocycles. The van der Waals surface area contributed by atoms with Gasteiger partial charge in [-0.1, -0.05) is 12.7 Å². The zero-order valence-corrected chi connectivity index (χ0v) is 10.9. The van der Waals surface area contributed by atoms with Crippen LogP contribution in [0.5, 0.6) is 11.5 Å². The summed E-state index contributed by atoms with van der Waals surface area (Å²) in [7, 11) is 0. The summed E-state index contributed by atoms with van der Waals surface area (Å²) in [6.45, 7) is 8.37. The molecule has 4 heteroatoms. The molecule has 0 bridgehead atoms. The molecule has 18 heavy (non-hydrogen) atoms. The van der Waals surface area contributed by atoms with E-state index < -0.39 is 0 Å². The van der Waals surface area contributed by atoms with Crippen molar-refractivity contribution in [2.75, 3.05) is 26.4 Å². The van der Waals surface area contributed by atoms with Crippen molar-refractivity contribution in [2.45, 2.75) is 13.5 Å². The fourth-order valence-corrected chi connectivity index (χ4v) is 1.58. The Kier molecular flexibility index (Phi) is 6.91. The molecule has 1 rings (SSSR count). The fourth-order valence-electron chi connectivity index (χ4n) is 1.58. The first-order valence-electron chi connectivity index (χ1n) is 6.23. The highest BCUT2D eigenvalue weighted by Crippen LogP contribution is 2.28. The number of rotatable bonds is 9. The Morgan fingerprint density at radius 1 is 1.33 bits per heavy atom. The van der Waals surface area contributed by atoms with Crippen LogP contribution in [0.15, 0.2) is 30.9 Å². The molecule has 1 aromatic carbocycles. The van der Waals surface area contributed by atoms with Crippen LogP contribution in [0.25, 0.3) is 0 Å². The lowest BCUT2D eigenvalue weighted by molar-refractivity contribution is -0.671.